The second-order valence-electron chi connectivity index (χ2n) is 4.90. The third-order valence-corrected chi connectivity index (χ3v) is 4.10. The third-order valence-electron chi connectivity index (χ3n) is 3.44. The molecule has 110 valence electrons. The monoisotopic (exact) mass is 347 g/mol. The third kappa shape index (κ3) is 3.36. The molecule has 2 aromatic carbocycles. The lowest BCUT2D eigenvalue weighted by molar-refractivity contribution is 0.318. The largest absolute Gasteiger partial charge is 0.409 e. The number of anilines is 1. The maximum absolute atomic E-state index is 8.98. The number of rotatable bonds is 4. The van der Waals surface area contributed by atoms with E-state index >= 15 is 0 Å². The smallest absolute Gasteiger partial charge is 0.173 e. The highest BCUT2D eigenvalue weighted by Gasteiger charge is 2.15. The first-order valence-corrected chi connectivity index (χ1v) is 7.36. The van der Waals surface area contributed by atoms with Gasteiger partial charge in [-0.15, -0.1) is 0 Å². The van der Waals surface area contributed by atoms with E-state index in [1.807, 2.05) is 37.4 Å². The number of oxime groups is 1. The van der Waals surface area contributed by atoms with E-state index in [0.29, 0.717) is 5.56 Å². The van der Waals surface area contributed by atoms with Gasteiger partial charge in [0.25, 0.3) is 0 Å². The van der Waals surface area contributed by atoms with E-state index in [2.05, 4.69) is 45.0 Å². The number of nitrogens with zero attached hydrogens (tertiary/aromatic N) is 2. The van der Waals surface area contributed by atoms with Crippen LogP contribution in [0.25, 0.3) is 0 Å². The van der Waals surface area contributed by atoms with E-state index in [-0.39, 0.29) is 5.84 Å². The molecule has 0 amide bonds. The Labute approximate surface area is 133 Å². The zero-order chi connectivity index (χ0) is 15.4. The summed E-state index contributed by atoms with van der Waals surface area (Å²) in [5.41, 5.74) is 9.88. The van der Waals surface area contributed by atoms with Crippen molar-refractivity contribution >= 4 is 27.5 Å². The van der Waals surface area contributed by atoms with Crippen LogP contribution in [0.4, 0.5) is 5.69 Å². The van der Waals surface area contributed by atoms with Crippen molar-refractivity contribution in [1.82, 2.24) is 0 Å². The highest BCUT2D eigenvalue weighted by atomic mass is 79.9. The minimum absolute atomic E-state index is 0.0918. The second kappa shape index (κ2) is 6.63. The minimum Gasteiger partial charge on any atom is -0.409 e. The van der Waals surface area contributed by atoms with Gasteiger partial charge in [0.2, 0.25) is 0 Å². The van der Waals surface area contributed by atoms with Crippen LogP contribution < -0.4 is 10.6 Å². The number of benzene rings is 2. The van der Waals surface area contributed by atoms with Crippen LogP contribution in [-0.2, 0) is 6.54 Å². The summed E-state index contributed by atoms with van der Waals surface area (Å²) in [4.78, 5) is 2.08. The number of nitrogens with two attached hydrogens (primary N) is 1. The van der Waals surface area contributed by atoms with Crippen molar-refractivity contribution < 1.29 is 5.21 Å². The predicted molar refractivity (Wildman–Crippen MR) is 89.9 cm³/mol. The molecule has 2 rings (SSSR count). The summed E-state index contributed by atoms with van der Waals surface area (Å²) in [6, 6.07) is 14.0. The zero-order valence-electron chi connectivity index (χ0n) is 12.0. The number of hydrogen-bond donors (Lipinski definition) is 2. The predicted octanol–water partition coefficient (Wildman–Crippen LogP) is 3.49. The first-order valence-electron chi connectivity index (χ1n) is 6.56. The molecule has 0 fully saturated rings. The summed E-state index contributed by atoms with van der Waals surface area (Å²) in [6.45, 7) is 2.84. The van der Waals surface area contributed by atoms with Gasteiger partial charge in [-0.2, -0.15) is 0 Å². The first kappa shape index (κ1) is 15.4. The number of aryl methyl sites for hydroxylation is 1. The van der Waals surface area contributed by atoms with E-state index in [0.717, 1.165) is 16.7 Å². The van der Waals surface area contributed by atoms with Crippen LogP contribution >= 0.6 is 15.9 Å². The molecule has 0 aliphatic heterocycles. The zero-order valence-corrected chi connectivity index (χ0v) is 13.6. The molecule has 0 aliphatic rings. The van der Waals surface area contributed by atoms with Gasteiger partial charge in [0.1, 0.15) is 0 Å². The fourth-order valence-corrected chi connectivity index (χ4v) is 2.82. The molecule has 3 N–H and O–H groups in total. The summed E-state index contributed by atoms with van der Waals surface area (Å²) in [6.07, 6.45) is 0. The first-order chi connectivity index (χ1) is 10.0. The average Bonchev–Trinajstić information content (AvgIpc) is 2.48. The van der Waals surface area contributed by atoms with Crippen LogP contribution in [0.1, 0.15) is 16.7 Å². The van der Waals surface area contributed by atoms with Gasteiger partial charge in [-0.25, -0.2) is 0 Å². The summed E-state index contributed by atoms with van der Waals surface area (Å²) >= 11 is 3.46. The number of amidine groups is 1. The quantitative estimate of drug-likeness (QED) is 0.385. The van der Waals surface area contributed by atoms with Crippen LogP contribution in [0, 0.1) is 6.92 Å². The topological polar surface area (TPSA) is 61.8 Å². The molecule has 0 aromatic heterocycles. The van der Waals surface area contributed by atoms with E-state index in [1.165, 1.54) is 11.1 Å². The molecule has 0 heterocycles. The van der Waals surface area contributed by atoms with Crippen molar-refractivity contribution in [3.63, 3.8) is 0 Å². The lowest BCUT2D eigenvalue weighted by Gasteiger charge is -2.23. The van der Waals surface area contributed by atoms with Crippen LogP contribution in [0.2, 0.25) is 0 Å². The molecule has 0 unspecified atom stereocenters. The Kier molecular flexibility index (Phi) is 4.85. The van der Waals surface area contributed by atoms with Crippen molar-refractivity contribution in [2.45, 2.75) is 13.5 Å². The van der Waals surface area contributed by atoms with Gasteiger partial charge in [0.15, 0.2) is 5.84 Å². The van der Waals surface area contributed by atoms with Gasteiger partial charge in [0, 0.05) is 23.8 Å². The Morgan fingerprint density at radius 2 is 1.95 bits per heavy atom. The highest BCUT2D eigenvalue weighted by molar-refractivity contribution is 9.10. The van der Waals surface area contributed by atoms with Crippen molar-refractivity contribution in [1.29, 1.82) is 0 Å². The Balaban J connectivity index is 2.38. The van der Waals surface area contributed by atoms with Gasteiger partial charge >= 0.3 is 0 Å². The second-order valence-corrected chi connectivity index (χ2v) is 5.76. The molecule has 0 aliphatic carbocycles. The van der Waals surface area contributed by atoms with Gasteiger partial charge in [-0.1, -0.05) is 35.5 Å². The van der Waals surface area contributed by atoms with Gasteiger partial charge in [-0.05, 0) is 46.1 Å². The fraction of sp³-hybridized carbons (Fsp3) is 0.188. The Morgan fingerprint density at radius 3 is 2.62 bits per heavy atom. The molecule has 4 nitrogen and oxygen atoms in total. The van der Waals surface area contributed by atoms with E-state index < -0.39 is 0 Å². The molecule has 0 radical (unpaired) electrons. The molecular weight excluding hydrogens is 330 g/mol. The van der Waals surface area contributed by atoms with Crippen LogP contribution in [0.3, 0.4) is 0 Å². The highest BCUT2D eigenvalue weighted by Crippen LogP contribution is 2.28. The SMILES string of the molecule is Cc1ccccc1CN(C)c1cccc(Br)c1/C(N)=N/O. The molecule has 5 heteroatoms. The van der Waals surface area contributed by atoms with Gasteiger partial charge in [-0.3, -0.25) is 0 Å². The molecule has 0 saturated carbocycles. The molecule has 0 bridgehead atoms. The standard InChI is InChI=1S/C16H18BrN3O/c1-11-6-3-4-7-12(11)10-20(2)14-9-5-8-13(17)15(14)16(18)19-21/h3-9,21H,10H2,1-2H3,(H2,18,19). The average molecular weight is 348 g/mol. The Morgan fingerprint density at radius 1 is 1.24 bits per heavy atom. The maximum atomic E-state index is 8.98. The molecule has 21 heavy (non-hydrogen) atoms. The maximum Gasteiger partial charge on any atom is 0.173 e. The van der Waals surface area contributed by atoms with Crippen LogP contribution in [-0.4, -0.2) is 18.1 Å². The van der Waals surface area contributed by atoms with Crippen LogP contribution in [0.5, 0.6) is 0 Å². The summed E-state index contributed by atoms with van der Waals surface area (Å²) in [7, 11) is 1.99. The van der Waals surface area contributed by atoms with Crippen molar-refractivity contribution in [2.75, 3.05) is 11.9 Å². The summed E-state index contributed by atoms with van der Waals surface area (Å²) in [5, 5.41) is 12.1. The van der Waals surface area contributed by atoms with E-state index in [1.54, 1.807) is 0 Å². The van der Waals surface area contributed by atoms with Crippen LogP contribution in [0.15, 0.2) is 52.1 Å². The van der Waals surface area contributed by atoms with E-state index in [4.69, 9.17) is 10.9 Å². The Hall–Kier alpha value is -2.01. The molecule has 0 saturated heterocycles. The van der Waals surface area contributed by atoms with Crippen molar-refractivity contribution in [2.24, 2.45) is 10.9 Å². The van der Waals surface area contributed by atoms with Crippen molar-refractivity contribution in [3.8, 4) is 0 Å². The Bertz CT molecular complexity index is 670. The summed E-state index contributed by atoms with van der Waals surface area (Å²) < 4.78 is 0.798. The number of hydrogen-bond acceptors (Lipinski definition) is 3. The molecular formula is C16H18BrN3O. The normalized spacial score (nSPS) is 11.5. The van der Waals surface area contributed by atoms with E-state index in [9.17, 15) is 0 Å². The molecule has 0 atom stereocenters. The molecule has 0 spiro atoms. The fourth-order valence-electron chi connectivity index (χ4n) is 2.26. The lowest BCUT2D eigenvalue weighted by atomic mass is 10.1. The molecule has 2 aromatic rings. The summed E-state index contributed by atoms with van der Waals surface area (Å²) in [5.74, 6) is 0.0918. The minimum atomic E-state index is 0.0918. The van der Waals surface area contributed by atoms with Gasteiger partial charge in [0.05, 0.1) is 5.56 Å². The number of halogens is 1. The van der Waals surface area contributed by atoms with Crippen molar-refractivity contribution in [3.05, 3.63) is 63.6 Å². The lowest BCUT2D eigenvalue weighted by Crippen LogP contribution is -2.23. The van der Waals surface area contributed by atoms with Gasteiger partial charge < -0.3 is 15.8 Å².